The lowest BCUT2D eigenvalue weighted by Gasteiger charge is -2.52. The lowest BCUT2D eigenvalue weighted by atomic mass is 9.54. The highest BCUT2D eigenvalue weighted by atomic mass is 32.1. The molecule has 0 spiro atoms. The Balaban J connectivity index is 2.08. The van der Waals surface area contributed by atoms with Crippen LogP contribution in [0.15, 0.2) is 11.6 Å². The van der Waals surface area contributed by atoms with Gasteiger partial charge in [0.2, 0.25) is 0 Å². The van der Waals surface area contributed by atoms with Crippen molar-refractivity contribution in [3.63, 3.8) is 0 Å². The summed E-state index contributed by atoms with van der Waals surface area (Å²) in [6, 6.07) is 0. The van der Waals surface area contributed by atoms with Crippen LogP contribution in [0.4, 0.5) is 0 Å². The van der Waals surface area contributed by atoms with Crippen LogP contribution in [-0.4, -0.2) is 12.3 Å². The molecule has 2 aliphatic rings. The minimum Gasteiger partial charge on any atom is -0.330 e. The van der Waals surface area contributed by atoms with Crippen molar-refractivity contribution in [3.05, 3.63) is 11.6 Å². The van der Waals surface area contributed by atoms with Gasteiger partial charge in [-0.1, -0.05) is 18.6 Å². The highest BCUT2D eigenvalue weighted by Crippen LogP contribution is 2.59. The standard InChI is InChI=1S/C12H21NS/c1-2-9-5-10-7-12(8-13,3-4-14)11(10)6-9/h6,10-11,14H,2-5,7-8,13H2,1H3/t10-,11-,12+/m1/s1. The molecule has 2 heteroatoms. The molecule has 0 amide bonds. The number of allylic oxidation sites excluding steroid dienone is 2. The van der Waals surface area contributed by atoms with E-state index in [0.29, 0.717) is 5.41 Å². The molecule has 0 heterocycles. The molecule has 0 aromatic heterocycles. The van der Waals surface area contributed by atoms with E-state index in [2.05, 4.69) is 25.6 Å². The van der Waals surface area contributed by atoms with Crippen molar-refractivity contribution in [1.29, 1.82) is 0 Å². The Kier molecular flexibility index (Phi) is 2.94. The molecular weight excluding hydrogens is 190 g/mol. The highest BCUT2D eigenvalue weighted by Gasteiger charge is 2.52. The minimum atomic E-state index is 0.420. The van der Waals surface area contributed by atoms with Crippen LogP contribution >= 0.6 is 12.6 Å². The van der Waals surface area contributed by atoms with Gasteiger partial charge in [-0.2, -0.15) is 12.6 Å². The molecule has 0 aromatic rings. The van der Waals surface area contributed by atoms with Crippen molar-refractivity contribution < 1.29 is 0 Å². The molecule has 0 radical (unpaired) electrons. The van der Waals surface area contributed by atoms with Gasteiger partial charge in [0.15, 0.2) is 0 Å². The molecule has 0 unspecified atom stereocenters. The first-order chi connectivity index (χ1) is 6.75. The van der Waals surface area contributed by atoms with Crippen LogP contribution in [0.5, 0.6) is 0 Å². The molecule has 14 heavy (non-hydrogen) atoms. The smallest absolute Gasteiger partial charge is 0.00144 e. The molecular formula is C12H21NS. The van der Waals surface area contributed by atoms with Crippen molar-refractivity contribution in [2.24, 2.45) is 23.0 Å². The maximum Gasteiger partial charge on any atom is -0.00144 e. The van der Waals surface area contributed by atoms with E-state index in [1.54, 1.807) is 5.57 Å². The van der Waals surface area contributed by atoms with Gasteiger partial charge < -0.3 is 5.73 Å². The maximum atomic E-state index is 5.93. The number of nitrogens with two attached hydrogens (primary N) is 1. The van der Waals surface area contributed by atoms with Crippen LogP contribution in [0.3, 0.4) is 0 Å². The van der Waals surface area contributed by atoms with E-state index in [1.807, 2.05) is 0 Å². The lowest BCUT2D eigenvalue weighted by Crippen LogP contribution is -2.50. The quantitative estimate of drug-likeness (QED) is 0.542. The number of rotatable bonds is 4. The summed E-state index contributed by atoms with van der Waals surface area (Å²) < 4.78 is 0. The van der Waals surface area contributed by atoms with Crippen molar-refractivity contribution in [3.8, 4) is 0 Å². The first-order valence-corrected chi connectivity index (χ1v) is 6.39. The van der Waals surface area contributed by atoms with E-state index in [0.717, 1.165) is 24.1 Å². The fourth-order valence-electron chi connectivity index (χ4n) is 3.37. The van der Waals surface area contributed by atoms with E-state index in [4.69, 9.17) is 5.73 Å². The zero-order valence-electron chi connectivity index (χ0n) is 9.00. The summed E-state index contributed by atoms with van der Waals surface area (Å²) in [5.41, 5.74) is 8.02. The third-order valence-corrected chi connectivity index (χ3v) is 4.52. The molecule has 0 aliphatic heterocycles. The van der Waals surface area contributed by atoms with Gasteiger partial charge in [-0.15, -0.1) is 0 Å². The summed E-state index contributed by atoms with van der Waals surface area (Å²) in [6.45, 7) is 3.11. The molecule has 3 atom stereocenters. The Morgan fingerprint density at radius 2 is 2.43 bits per heavy atom. The zero-order valence-corrected chi connectivity index (χ0v) is 9.89. The summed E-state index contributed by atoms with van der Waals surface area (Å²) in [5, 5.41) is 0. The molecule has 1 fully saturated rings. The first kappa shape index (κ1) is 10.6. The van der Waals surface area contributed by atoms with E-state index in [1.165, 1.54) is 25.7 Å². The summed E-state index contributed by atoms with van der Waals surface area (Å²) in [5.74, 6) is 2.69. The van der Waals surface area contributed by atoms with Gasteiger partial charge in [0.05, 0.1) is 0 Å². The second-order valence-corrected chi connectivity index (χ2v) is 5.36. The van der Waals surface area contributed by atoms with Crippen molar-refractivity contribution in [1.82, 2.24) is 0 Å². The molecule has 2 N–H and O–H groups in total. The predicted octanol–water partition coefficient (Wildman–Crippen LogP) is 2.63. The largest absolute Gasteiger partial charge is 0.330 e. The van der Waals surface area contributed by atoms with Gasteiger partial charge in [0.1, 0.15) is 0 Å². The fraction of sp³-hybridized carbons (Fsp3) is 0.833. The maximum absolute atomic E-state index is 5.93. The van der Waals surface area contributed by atoms with Crippen LogP contribution in [0.2, 0.25) is 0 Å². The third-order valence-electron chi connectivity index (χ3n) is 4.29. The van der Waals surface area contributed by atoms with Crippen molar-refractivity contribution in [2.45, 2.75) is 32.6 Å². The Hall–Kier alpha value is 0.0500. The van der Waals surface area contributed by atoms with Gasteiger partial charge in [-0.3, -0.25) is 0 Å². The first-order valence-electron chi connectivity index (χ1n) is 5.76. The summed E-state index contributed by atoms with van der Waals surface area (Å²) in [7, 11) is 0. The molecule has 2 rings (SSSR count). The molecule has 80 valence electrons. The average Bonchev–Trinajstić information content (AvgIpc) is 2.53. The molecule has 0 bridgehead atoms. The number of hydrogen-bond donors (Lipinski definition) is 2. The fourth-order valence-corrected chi connectivity index (χ4v) is 3.82. The van der Waals surface area contributed by atoms with Gasteiger partial charge in [0.25, 0.3) is 0 Å². The molecule has 1 nitrogen and oxygen atoms in total. The SMILES string of the molecule is CCC1=C[C@@H]2[C@H](C1)C[C@]2(CN)CCS. The Morgan fingerprint density at radius 1 is 1.64 bits per heavy atom. The van der Waals surface area contributed by atoms with E-state index < -0.39 is 0 Å². The average molecular weight is 211 g/mol. The van der Waals surface area contributed by atoms with E-state index in [-0.39, 0.29) is 0 Å². The second-order valence-electron chi connectivity index (χ2n) is 4.91. The topological polar surface area (TPSA) is 26.0 Å². The van der Waals surface area contributed by atoms with Crippen LogP contribution in [0, 0.1) is 17.3 Å². The zero-order chi connectivity index (χ0) is 10.2. The number of thiol groups is 1. The summed E-state index contributed by atoms with van der Waals surface area (Å²) in [6.07, 6.45) is 7.63. The van der Waals surface area contributed by atoms with Gasteiger partial charge >= 0.3 is 0 Å². The molecule has 0 aromatic carbocycles. The molecule has 0 saturated heterocycles. The Morgan fingerprint density at radius 3 is 3.00 bits per heavy atom. The van der Waals surface area contributed by atoms with Gasteiger partial charge in [0, 0.05) is 0 Å². The predicted molar refractivity (Wildman–Crippen MR) is 64.5 cm³/mol. The minimum absolute atomic E-state index is 0.420. The third kappa shape index (κ3) is 1.43. The summed E-state index contributed by atoms with van der Waals surface area (Å²) >= 11 is 4.35. The molecule has 2 aliphatic carbocycles. The van der Waals surface area contributed by atoms with Gasteiger partial charge in [-0.25, -0.2) is 0 Å². The highest BCUT2D eigenvalue weighted by molar-refractivity contribution is 7.80. The van der Waals surface area contributed by atoms with E-state index in [9.17, 15) is 0 Å². The Labute approximate surface area is 92.5 Å². The number of fused-ring (bicyclic) bond motifs is 1. The monoisotopic (exact) mass is 211 g/mol. The van der Waals surface area contributed by atoms with Crippen molar-refractivity contribution >= 4 is 12.6 Å². The van der Waals surface area contributed by atoms with Crippen LogP contribution < -0.4 is 5.73 Å². The van der Waals surface area contributed by atoms with E-state index >= 15 is 0 Å². The molecule has 1 saturated carbocycles. The van der Waals surface area contributed by atoms with Crippen molar-refractivity contribution in [2.75, 3.05) is 12.3 Å². The normalized spacial score (nSPS) is 40.4. The van der Waals surface area contributed by atoms with Crippen LogP contribution in [-0.2, 0) is 0 Å². The summed E-state index contributed by atoms with van der Waals surface area (Å²) in [4.78, 5) is 0. The van der Waals surface area contributed by atoms with Crippen LogP contribution in [0.1, 0.15) is 32.6 Å². The van der Waals surface area contributed by atoms with Gasteiger partial charge in [-0.05, 0) is 55.2 Å². The lowest BCUT2D eigenvalue weighted by molar-refractivity contribution is 0.00634. The second kappa shape index (κ2) is 3.90. The van der Waals surface area contributed by atoms with Crippen LogP contribution in [0.25, 0.3) is 0 Å². The Bertz CT molecular complexity index is 249. The number of hydrogen-bond acceptors (Lipinski definition) is 2.